The number of aromatic nitrogens is 1. The first-order chi connectivity index (χ1) is 8.59. The van der Waals surface area contributed by atoms with E-state index in [2.05, 4.69) is 4.98 Å². The highest BCUT2D eigenvalue weighted by Gasteiger charge is 2.32. The molecule has 0 N–H and O–H groups in total. The lowest BCUT2D eigenvalue weighted by Crippen LogP contribution is -2.46. The molecule has 0 spiro atoms. The van der Waals surface area contributed by atoms with Crippen molar-refractivity contribution in [2.75, 3.05) is 12.9 Å². The zero-order valence-electron chi connectivity index (χ0n) is 10.8. The van der Waals surface area contributed by atoms with Gasteiger partial charge in [0.1, 0.15) is 5.69 Å². The Kier molecular flexibility index (Phi) is 4.45. The molecule has 19 heavy (non-hydrogen) atoms. The second kappa shape index (κ2) is 5.36. The summed E-state index contributed by atoms with van der Waals surface area (Å²) in [5.41, 5.74) is -1.54. The first-order valence-corrected chi connectivity index (χ1v) is 6.00. The van der Waals surface area contributed by atoms with Crippen LogP contribution in [0.2, 0.25) is 0 Å². The van der Waals surface area contributed by atoms with Crippen molar-refractivity contribution in [3.8, 4) is 0 Å². The molecule has 0 aliphatic carbocycles. The summed E-state index contributed by atoms with van der Waals surface area (Å²) in [5.74, 6) is -0.269. The number of halogens is 4. The molecule has 1 rings (SSSR count). The van der Waals surface area contributed by atoms with Gasteiger partial charge in [-0.05, 0) is 26.0 Å². The fraction of sp³-hybridized carbons (Fsp3) is 0.500. The second-order valence-electron chi connectivity index (χ2n) is 4.74. The maximum Gasteiger partial charge on any atom is 0.417 e. The highest BCUT2D eigenvalue weighted by atomic mass is 35.5. The van der Waals surface area contributed by atoms with E-state index >= 15 is 0 Å². The number of alkyl halides is 4. The molecule has 1 aromatic heterocycles. The van der Waals surface area contributed by atoms with E-state index in [0.717, 1.165) is 12.1 Å². The third-order valence-corrected chi connectivity index (χ3v) is 3.50. The third-order valence-electron chi connectivity index (χ3n) is 2.85. The van der Waals surface area contributed by atoms with Gasteiger partial charge in [-0.2, -0.15) is 13.2 Å². The highest BCUT2D eigenvalue weighted by Crippen LogP contribution is 2.28. The van der Waals surface area contributed by atoms with Gasteiger partial charge < -0.3 is 4.90 Å². The first kappa shape index (κ1) is 15.8. The van der Waals surface area contributed by atoms with Gasteiger partial charge in [0.05, 0.1) is 11.1 Å². The first-order valence-electron chi connectivity index (χ1n) is 5.47. The van der Waals surface area contributed by atoms with E-state index in [1.165, 1.54) is 11.9 Å². The molecular weight excluding hydrogens is 281 g/mol. The largest absolute Gasteiger partial charge is 0.417 e. The minimum Gasteiger partial charge on any atom is -0.334 e. The van der Waals surface area contributed by atoms with Crippen molar-refractivity contribution < 1.29 is 18.0 Å². The Bertz CT molecular complexity index is 457. The predicted molar refractivity (Wildman–Crippen MR) is 66.1 cm³/mol. The molecule has 0 saturated heterocycles. The lowest BCUT2D eigenvalue weighted by molar-refractivity contribution is -0.137. The normalized spacial score (nSPS) is 12.4. The summed E-state index contributed by atoms with van der Waals surface area (Å²) in [7, 11) is 1.53. The zero-order chi connectivity index (χ0) is 14.8. The lowest BCUT2D eigenvalue weighted by Gasteiger charge is -2.33. The quantitative estimate of drug-likeness (QED) is 0.802. The highest BCUT2D eigenvalue weighted by molar-refractivity contribution is 6.18. The third kappa shape index (κ3) is 3.59. The van der Waals surface area contributed by atoms with Crippen LogP contribution in [-0.2, 0) is 6.18 Å². The van der Waals surface area contributed by atoms with Crippen LogP contribution < -0.4 is 0 Å². The maximum absolute atomic E-state index is 12.4. The molecule has 0 unspecified atom stereocenters. The van der Waals surface area contributed by atoms with E-state index in [1.807, 2.05) is 0 Å². The van der Waals surface area contributed by atoms with Crippen LogP contribution >= 0.6 is 11.6 Å². The van der Waals surface area contributed by atoms with Crippen molar-refractivity contribution in [3.63, 3.8) is 0 Å². The molecule has 0 aromatic carbocycles. The number of rotatable bonds is 3. The monoisotopic (exact) mass is 294 g/mol. The van der Waals surface area contributed by atoms with Gasteiger partial charge in [0.15, 0.2) is 0 Å². The van der Waals surface area contributed by atoms with Crippen LogP contribution in [0.5, 0.6) is 0 Å². The fourth-order valence-corrected chi connectivity index (χ4v) is 1.40. The summed E-state index contributed by atoms with van der Waals surface area (Å²) in [5, 5.41) is 0. The molecule has 0 aliphatic heterocycles. The summed E-state index contributed by atoms with van der Waals surface area (Å²) in [6.07, 6.45) is -3.81. The van der Waals surface area contributed by atoms with Crippen molar-refractivity contribution in [3.05, 3.63) is 29.6 Å². The zero-order valence-corrected chi connectivity index (χ0v) is 11.5. The van der Waals surface area contributed by atoms with E-state index < -0.39 is 23.2 Å². The summed E-state index contributed by atoms with van der Waals surface area (Å²) in [4.78, 5) is 17.0. The Morgan fingerprint density at radius 3 is 2.32 bits per heavy atom. The van der Waals surface area contributed by atoms with Crippen molar-refractivity contribution in [2.24, 2.45) is 0 Å². The van der Waals surface area contributed by atoms with Gasteiger partial charge in [-0.15, -0.1) is 11.6 Å². The van der Waals surface area contributed by atoms with Crippen LogP contribution in [0, 0.1) is 0 Å². The summed E-state index contributed by atoms with van der Waals surface area (Å²) in [6, 6.07) is 1.90. The number of hydrogen-bond donors (Lipinski definition) is 0. The van der Waals surface area contributed by atoms with Crippen LogP contribution in [0.15, 0.2) is 18.3 Å². The molecule has 3 nitrogen and oxygen atoms in total. The fourth-order valence-electron chi connectivity index (χ4n) is 1.22. The van der Waals surface area contributed by atoms with E-state index in [-0.39, 0.29) is 11.6 Å². The average Bonchev–Trinajstić information content (AvgIpc) is 2.36. The van der Waals surface area contributed by atoms with Gasteiger partial charge in [0.25, 0.3) is 5.91 Å². The smallest absolute Gasteiger partial charge is 0.334 e. The molecule has 0 aliphatic rings. The second-order valence-corrected chi connectivity index (χ2v) is 5.01. The molecule has 0 bridgehead atoms. The Hall–Kier alpha value is -1.30. The van der Waals surface area contributed by atoms with Crippen molar-refractivity contribution in [1.82, 2.24) is 9.88 Å². The predicted octanol–water partition coefficient (Wildman–Crippen LogP) is 3.19. The number of nitrogens with zero attached hydrogens (tertiary/aromatic N) is 2. The van der Waals surface area contributed by atoms with Crippen molar-refractivity contribution >= 4 is 17.5 Å². The summed E-state index contributed by atoms with van der Waals surface area (Å²) < 4.78 is 37.1. The molecule has 1 heterocycles. The minimum atomic E-state index is -4.46. The molecule has 0 atom stereocenters. The Morgan fingerprint density at radius 1 is 1.37 bits per heavy atom. The average molecular weight is 295 g/mol. The Labute approximate surface area is 114 Å². The van der Waals surface area contributed by atoms with E-state index in [4.69, 9.17) is 11.6 Å². The molecule has 7 heteroatoms. The topological polar surface area (TPSA) is 33.2 Å². The van der Waals surface area contributed by atoms with Gasteiger partial charge in [0, 0.05) is 19.1 Å². The van der Waals surface area contributed by atoms with Crippen LogP contribution in [0.1, 0.15) is 29.9 Å². The van der Waals surface area contributed by atoms with Gasteiger partial charge in [-0.3, -0.25) is 9.78 Å². The van der Waals surface area contributed by atoms with E-state index in [0.29, 0.717) is 6.20 Å². The Balaban J connectivity index is 2.96. The lowest BCUT2D eigenvalue weighted by atomic mass is 10.1. The number of pyridine rings is 1. The molecule has 1 aromatic rings. The molecule has 106 valence electrons. The SMILES string of the molecule is CN(C(=O)c1ccc(C(F)(F)F)cn1)C(C)(C)CCl. The molecule has 0 saturated carbocycles. The van der Waals surface area contributed by atoms with Gasteiger partial charge >= 0.3 is 6.18 Å². The van der Waals surface area contributed by atoms with Crippen LogP contribution in [0.3, 0.4) is 0 Å². The van der Waals surface area contributed by atoms with Crippen molar-refractivity contribution in [1.29, 1.82) is 0 Å². The number of carbonyl (C=O) groups excluding carboxylic acids is 1. The number of hydrogen-bond acceptors (Lipinski definition) is 2. The van der Waals surface area contributed by atoms with Crippen LogP contribution in [0.25, 0.3) is 0 Å². The van der Waals surface area contributed by atoms with E-state index in [1.54, 1.807) is 13.8 Å². The molecule has 0 fully saturated rings. The summed E-state index contributed by atoms with van der Waals surface area (Å²) in [6.45, 7) is 3.50. The van der Waals surface area contributed by atoms with E-state index in [9.17, 15) is 18.0 Å². The minimum absolute atomic E-state index is 0.0475. The summed E-state index contributed by atoms with van der Waals surface area (Å²) >= 11 is 5.74. The van der Waals surface area contributed by atoms with Crippen molar-refractivity contribution in [2.45, 2.75) is 25.6 Å². The maximum atomic E-state index is 12.4. The van der Waals surface area contributed by atoms with Crippen LogP contribution in [-0.4, -0.2) is 34.3 Å². The molecule has 0 radical (unpaired) electrons. The van der Waals surface area contributed by atoms with Gasteiger partial charge in [0.2, 0.25) is 0 Å². The van der Waals surface area contributed by atoms with Crippen LogP contribution in [0.4, 0.5) is 13.2 Å². The van der Waals surface area contributed by atoms with Gasteiger partial charge in [-0.1, -0.05) is 0 Å². The number of amides is 1. The standard InChI is InChI=1S/C12H14ClF3N2O/c1-11(2,7-13)18(3)10(19)9-5-4-8(6-17-9)12(14,15)16/h4-6H,7H2,1-3H3. The Morgan fingerprint density at radius 2 is 1.95 bits per heavy atom. The number of carbonyl (C=O) groups is 1. The molecule has 1 amide bonds. The van der Waals surface area contributed by atoms with Gasteiger partial charge in [-0.25, -0.2) is 0 Å². The molecular formula is C12H14ClF3N2O.